The van der Waals surface area contributed by atoms with E-state index in [0.29, 0.717) is 11.0 Å². The fraction of sp³-hybridized carbons (Fsp3) is 0.111. The first-order valence-electron chi connectivity index (χ1n) is 4.01. The third-order valence-corrected chi connectivity index (χ3v) is 2.63. The number of methoxy groups -OCH3 is 1. The maximum absolute atomic E-state index is 5.55. The summed E-state index contributed by atoms with van der Waals surface area (Å²) in [5.74, 6) is 0.592. The van der Waals surface area contributed by atoms with Gasteiger partial charge in [0.05, 0.1) is 12.0 Å². The molecule has 0 radical (unpaired) electrons. The molecule has 0 atom stereocenters. The fourth-order valence-electron chi connectivity index (χ4n) is 1.10. The van der Waals surface area contributed by atoms with Crippen LogP contribution in [0.15, 0.2) is 24.5 Å². The normalized spacial score (nSPS) is 10.1. The number of hydrogen-bond acceptors (Lipinski definition) is 5. The molecule has 0 spiro atoms. The van der Waals surface area contributed by atoms with Gasteiger partial charge in [0, 0.05) is 24.0 Å². The van der Waals surface area contributed by atoms with Gasteiger partial charge in [0.2, 0.25) is 5.88 Å². The molecular formula is C9H9N3OS. The van der Waals surface area contributed by atoms with Gasteiger partial charge in [-0.2, -0.15) is 0 Å². The molecule has 0 saturated carbocycles. The summed E-state index contributed by atoms with van der Waals surface area (Å²) in [6.07, 6.45) is 3.44. The van der Waals surface area contributed by atoms with Crippen LogP contribution in [0, 0.1) is 0 Å². The van der Waals surface area contributed by atoms with Crippen LogP contribution in [0.25, 0.3) is 10.4 Å². The fourth-order valence-corrected chi connectivity index (χ4v) is 1.78. The maximum atomic E-state index is 5.55. The second kappa shape index (κ2) is 3.63. The molecule has 0 aliphatic carbocycles. The Labute approximate surface area is 85.4 Å². The molecule has 2 N–H and O–H groups in total. The minimum atomic E-state index is 0.566. The van der Waals surface area contributed by atoms with Gasteiger partial charge in [-0.15, -0.1) is 0 Å². The number of rotatable bonds is 2. The molecule has 0 bridgehead atoms. The van der Waals surface area contributed by atoms with E-state index in [0.717, 1.165) is 10.4 Å². The van der Waals surface area contributed by atoms with Crippen LogP contribution in [0.1, 0.15) is 0 Å². The summed E-state index contributed by atoms with van der Waals surface area (Å²) in [6.45, 7) is 0. The SMILES string of the molecule is COc1cc(-c2cnc(N)s2)ccn1. The molecule has 0 aliphatic heterocycles. The van der Waals surface area contributed by atoms with Crippen LogP contribution in [0.4, 0.5) is 5.13 Å². The lowest BCUT2D eigenvalue weighted by atomic mass is 10.2. The molecule has 2 aromatic heterocycles. The highest BCUT2D eigenvalue weighted by Gasteiger charge is 2.03. The largest absolute Gasteiger partial charge is 0.481 e. The number of nitrogen functional groups attached to an aromatic ring is 1. The van der Waals surface area contributed by atoms with Crippen LogP contribution in [0.2, 0.25) is 0 Å². The minimum Gasteiger partial charge on any atom is -0.481 e. The summed E-state index contributed by atoms with van der Waals surface area (Å²) >= 11 is 1.44. The maximum Gasteiger partial charge on any atom is 0.213 e. The van der Waals surface area contributed by atoms with Crippen LogP contribution in [-0.2, 0) is 0 Å². The van der Waals surface area contributed by atoms with Crippen molar-refractivity contribution in [1.29, 1.82) is 0 Å². The molecule has 0 aliphatic rings. The van der Waals surface area contributed by atoms with Crippen LogP contribution >= 0.6 is 11.3 Å². The third-order valence-electron chi connectivity index (χ3n) is 1.75. The van der Waals surface area contributed by atoms with Gasteiger partial charge in [0.1, 0.15) is 0 Å². The van der Waals surface area contributed by atoms with Crippen molar-refractivity contribution in [3.05, 3.63) is 24.5 Å². The Bertz CT molecular complexity index is 441. The van der Waals surface area contributed by atoms with E-state index in [1.807, 2.05) is 12.1 Å². The number of aromatic nitrogens is 2. The van der Waals surface area contributed by atoms with Crippen LogP contribution in [0.3, 0.4) is 0 Å². The predicted octanol–water partition coefficient (Wildman–Crippen LogP) is 1.80. The molecule has 0 unspecified atom stereocenters. The van der Waals surface area contributed by atoms with Crippen molar-refractivity contribution in [2.24, 2.45) is 0 Å². The lowest BCUT2D eigenvalue weighted by molar-refractivity contribution is 0.398. The van der Waals surface area contributed by atoms with E-state index in [9.17, 15) is 0 Å². The molecule has 0 aromatic carbocycles. The Morgan fingerprint density at radius 1 is 1.43 bits per heavy atom. The molecule has 4 nitrogen and oxygen atoms in total. The highest BCUT2D eigenvalue weighted by Crippen LogP contribution is 2.28. The van der Waals surface area contributed by atoms with E-state index in [1.54, 1.807) is 19.5 Å². The number of hydrogen-bond donors (Lipinski definition) is 1. The Kier molecular flexibility index (Phi) is 2.32. The van der Waals surface area contributed by atoms with Crippen LogP contribution < -0.4 is 10.5 Å². The number of pyridine rings is 1. The zero-order valence-electron chi connectivity index (χ0n) is 7.60. The third kappa shape index (κ3) is 1.67. The molecule has 0 saturated heterocycles. The van der Waals surface area contributed by atoms with Gasteiger partial charge in [-0.1, -0.05) is 11.3 Å². The van der Waals surface area contributed by atoms with Gasteiger partial charge >= 0.3 is 0 Å². The average Bonchev–Trinajstić information content (AvgIpc) is 2.65. The van der Waals surface area contributed by atoms with Crippen molar-refractivity contribution in [1.82, 2.24) is 9.97 Å². The molecule has 0 amide bonds. The summed E-state index contributed by atoms with van der Waals surface area (Å²) in [6, 6.07) is 3.75. The lowest BCUT2D eigenvalue weighted by Crippen LogP contribution is -1.86. The summed E-state index contributed by atoms with van der Waals surface area (Å²) < 4.78 is 5.02. The van der Waals surface area contributed by atoms with Crippen molar-refractivity contribution < 1.29 is 4.74 Å². The van der Waals surface area contributed by atoms with E-state index < -0.39 is 0 Å². The molecule has 2 rings (SSSR count). The molecular weight excluding hydrogens is 198 g/mol. The molecule has 5 heteroatoms. The van der Waals surface area contributed by atoms with Gasteiger partial charge in [-0.05, 0) is 6.07 Å². The Balaban J connectivity index is 2.41. The zero-order valence-corrected chi connectivity index (χ0v) is 8.41. The highest BCUT2D eigenvalue weighted by molar-refractivity contribution is 7.18. The van der Waals surface area contributed by atoms with Crippen molar-refractivity contribution in [2.75, 3.05) is 12.8 Å². The molecule has 0 fully saturated rings. The van der Waals surface area contributed by atoms with E-state index in [4.69, 9.17) is 10.5 Å². The van der Waals surface area contributed by atoms with E-state index in [2.05, 4.69) is 9.97 Å². The van der Waals surface area contributed by atoms with Gasteiger partial charge < -0.3 is 10.5 Å². The standard InChI is InChI=1S/C9H9N3OS/c1-13-8-4-6(2-3-11-8)7-5-12-9(10)14-7/h2-5H,1H3,(H2,10,12). The first-order valence-corrected chi connectivity index (χ1v) is 4.83. The molecule has 72 valence electrons. The quantitative estimate of drug-likeness (QED) is 0.815. The first-order chi connectivity index (χ1) is 6.79. The van der Waals surface area contributed by atoms with Gasteiger partial charge in [0.15, 0.2) is 5.13 Å². The van der Waals surface area contributed by atoms with Gasteiger partial charge in [-0.3, -0.25) is 0 Å². The molecule has 2 aromatic rings. The van der Waals surface area contributed by atoms with E-state index >= 15 is 0 Å². The van der Waals surface area contributed by atoms with Crippen molar-refractivity contribution in [3.63, 3.8) is 0 Å². The summed E-state index contributed by atoms with van der Waals surface area (Å²) in [4.78, 5) is 9.02. The monoisotopic (exact) mass is 207 g/mol. The summed E-state index contributed by atoms with van der Waals surface area (Å²) in [5.41, 5.74) is 6.57. The smallest absolute Gasteiger partial charge is 0.213 e. The molecule has 14 heavy (non-hydrogen) atoms. The van der Waals surface area contributed by atoms with E-state index in [1.165, 1.54) is 11.3 Å². The van der Waals surface area contributed by atoms with Crippen molar-refractivity contribution in [2.45, 2.75) is 0 Å². The van der Waals surface area contributed by atoms with Gasteiger partial charge in [0.25, 0.3) is 0 Å². The van der Waals surface area contributed by atoms with Crippen molar-refractivity contribution in [3.8, 4) is 16.3 Å². The van der Waals surface area contributed by atoms with Crippen molar-refractivity contribution >= 4 is 16.5 Å². The topological polar surface area (TPSA) is 61.0 Å². The molecule has 2 heterocycles. The number of ether oxygens (including phenoxy) is 1. The Hall–Kier alpha value is -1.62. The first kappa shape index (κ1) is 8.96. The summed E-state index contributed by atoms with van der Waals surface area (Å²) in [7, 11) is 1.59. The lowest BCUT2D eigenvalue weighted by Gasteiger charge is -1.99. The predicted molar refractivity (Wildman–Crippen MR) is 56.3 cm³/mol. The van der Waals surface area contributed by atoms with Crippen LogP contribution in [-0.4, -0.2) is 17.1 Å². The number of nitrogens with two attached hydrogens (primary N) is 1. The van der Waals surface area contributed by atoms with Crippen LogP contribution in [0.5, 0.6) is 5.88 Å². The highest BCUT2D eigenvalue weighted by atomic mass is 32.1. The number of thiazole rings is 1. The Morgan fingerprint density at radius 3 is 2.93 bits per heavy atom. The Morgan fingerprint density at radius 2 is 2.29 bits per heavy atom. The number of nitrogens with zero attached hydrogens (tertiary/aromatic N) is 2. The minimum absolute atomic E-state index is 0.566. The second-order valence-electron chi connectivity index (χ2n) is 2.65. The van der Waals surface area contributed by atoms with E-state index in [-0.39, 0.29) is 0 Å². The number of anilines is 1. The summed E-state index contributed by atoms with van der Waals surface area (Å²) in [5, 5.41) is 0.566. The second-order valence-corrected chi connectivity index (χ2v) is 3.71. The average molecular weight is 207 g/mol. The zero-order chi connectivity index (χ0) is 9.97. The van der Waals surface area contributed by atoms with Gasteiger partial charge in [-0.25, -0.2) is 9.97 Å².